The molecule has 8 heteroatoms. The van der Waals surface area contributed by atoms with Gasteiger partial charge in [-0.05, 0) is 54.6 Å². The fourth-order valence-corrected chi connectivity index (χ4v) is 11.0. The minimum Gasteiger partial charge on any atom is -0.454 e. The highest BCUT2D eigenvalue weighted by atomic mass is 16.3. The second-order valence-electron chi connectivity index (χ2n) is 18.3. The molecule has 0 saturated heterocycles. The summed E-state index contributed by atoms with van der Waals surface area (Å²) in [5.41, 5.74) is 13.8. The van der Waals surface area contributed by atoms with E-state index in [-0.39, 0.29) is 0 Å². The van der Waals surface area contributed by atoms with Crippen LogP contribution in [0.2, 0.25) is 0 Å². The van der Waals surface area contributed by atoms with Crippen LogP contribution in [-0.4, -0.2) is 34.1 Å². The zero-order valence-electron chi connectivity index (χ0n) is 39.1. The molecular formula is C65H39N7O. The van der Waals surface area contributed by atoms with Gasteiger partial charge in [0.25, 0.3) is 0 Å². The van der Waals surface area contributed by atoms with E-state index in [0.717, 1.165) is 121 Å². The summed E-state index contributed by atoms with van der Waals surface area (Å²) in [6.45, 7) is 0. The number of aromatic nitrogens is 7. The molecule has 0 bridgehead atoms. The number of rotatable bonds is 7. The van der Waals surface area contributed by atoms with Crippen molar-refractivity contribution in [2.75, 3.05) is 0 Å². The molecule has 0 amide bonds. The van der Waals surface area contributed by atoms with E-state index in [9.17, 15) is 0 Å². The van der Waals surface area contributed by atoms with E-state index in [2.05, 4.69) is 149 Å². The van der Waals surface area contributed by atoms with Gasteiger partial charge in [-0.25, -0.2) is 24.9 Å². The summed E-state index contributed by atoms with van der Waals surface area (Å²) in [5, 5.41) is 7.53. The number of furan rings is 1. The van der Waals surface area contributed by atoms with Gasteiger partial charge in [-0.15, -0.1) is 0 Å². The summed E-state index contributed by atoms with van der Waals surface area (Å²) in [6, 6.07) is 81.8. The maximum atomic E-state index is 7.07. The van der Waals surface area contributed by atoms with Crippen molar-refractivity contribution in [2.24, 2.45) is 0 Å². The van der Waals surface area contributed by atoms with Crippen molar-refractivity contribution in [3.8, 4) is 68.2 Å². The Bertz CT molecular complexity index is 4600. The topological polar surface area (TPSA) is 87.5 Å². The normalized spacial score (nSPS) is 11.8. The first-order chi connectivity index (χ1) is 36.2. The quantitative estimate of drug-likeness (QED) is 0.158. The van der Waals surface area contributed by atoms with Crippen LogP contribution in [0.5, 0.6) is 0 Å². The molecule has 0 spiro atoms. The molecule has 0 saturated carbocycles. The lowest BCUT2D eigenvalue weighted by Crippen LogP contribution is -2.04. The van der Waals surface area contributed by atoms with E-state index in [1.54, 1.807) is 0 Å². The van der Waals surface area contributed by atoms with Crippen LogP contribution in [0.25, 0.3) is 145 Å². The van der Waals surface area contributed by atoms with Crippen LogP contribution in [0.4, 0.5) is 0 Å². The van der Waals surface area contributed by atoms with Crippen molar-refractivity contribution < 1.29 is 4.42 Å². The van der Waals surface area contributed by atoms with Gasteiger partial charge in [-0.3, -0.25) is 0 Å². The van der Waals surface area contributed by atoms with Gasteiger partial charge in [-0.1, -0.05) is 182 Å². The van der Waals surface area contributed by atoms with Gasteiger partial charge in [0.05, 0.1) is 33.3 Å². The van der Waals surface area contributed by atoms with Crippen LogP contribution >= 0.6 is 0 Å². The average Bonchev–Trinajstić information content (AvgIpc) is 4.21. The third-order valence-electron chi connectivity index (χ3n) is 14.2. The standard InChI is InChI=1S/C65H39N7O/c1-5-21-40(22-6-1)58-46-29-13-17-33-51(46)66-64(67-58)45-38-37-44(39-50(45)65-69-62(41-23-7-2-8-24-41)68-63(70-65)42-25-9-3-10-26-42)72-52-34-18-14-30-47(52)55-56-49-32-16-20-36-54(49)73-61(56)60-57(59(55)72)48-31-15-19-35-53(48)71(60)43-27-11-4-12-28-43/h1-39H. The first kappa shape index (κ1) is 40.8. The van der Waals surface area contributed by atoms with Crippen LogP contribution in [0.3, 0.4) is 0 Å². The SMILES string of the molecule is c1ccc(-c2nc(-c3ccccc3)nc(-c3cc(-n4c5ccccc5c5c6c7ccccc7oc6c6c(c7ccccc7n6-c6ccccc6)c54)ccc3-c3nc(-c4ccccc4)c4ccccc4n3)n2)cc1. The molecule has 73 heavy (non-hydrogen) atoms. The van der Waals surface area contributed by atoms with Gasteiger partial charge in [0.2, 0.25) is 0 Å². The lowest BCUT2D eigenvalue weighted by atomic mass is 10.0. The Hall–Kier alpha value is -10.1. The fourth-order valence-electron chi connectivity index (χ4n) is 11.0. The Balaban J connectivity index is 1.10. The van der Waals surface area contributed by atoms with Crippen molar-refractivity contribution in [3.05, 3.63) is 237 Å². The molecule has 10 aromatic carbocycles. The highest BCUT2D eigenvalue weighted by Gasteiger charge is 2.29. The predicted molar refractivity (Wildman–Crippen MR) is 296 cm³/mol. The molecule has 15 aromatic rings. The predicted octanol–water partition coefficient (Wildman–Crippen LogP) is 16.2. The van der Waals surface area contributed by atoms with E-state index in [1.165, 1.54) is 0 Å². The minimum absolute atomic E-state index is 0.498. The van der Waals surface area contributed by atoms with Crippen LogP contribution < -0.4 is 0 Å². The number of fused-ring (bicyclic) bond motifs is 13. The monoisotopic (exact) mass is 933 g/mol. The molecule has 0 unspecified atom stereocenters. The Morgan fingerprint density at radius 1 is 0.315 bits per heavy atom. The van der Waals surface area contributed by atoms with Gasteiger partial charge in [0.1, 0.15) is 5.58 Å². The van der Waals surface area contributed by atoms with E-state index in [1.807, 2.05) is 97.1 Å². The van der Waals surface area contributed by atoms with Crippen LogP contribution in [-0.2, 0) is 0 Å². The summed E-state index contributed by atoms with van der Waals surface area (Å²) in [5.74, 6) is 2.18. The lowest BCUT2D eigenvalue weighted by molar-refractivity contribution is 0.671. The number of hydrogen-bond donors (Lipinski definition) is 0. The smallest absolute Gasteiger partial charge is 0.164 e. The molecule has 0 radical (unpaired) electrons. The minimum atomic E-state index is 0.498. The highest BCUT2D eigenvalue weighted by Crippen LogP contribution is 2.50. The molecule has 0 N–H and O–H groups in total. The molecule has 0 aliphatic rings. The number of hydrogen-bond acceptors (Lipinski definition) is 6. The van der Waals surface area contributed by atoms with Crippen molar-refractivity contribution in [3.63, 3.8) is 0 Å². The molecule has 0 aliphatic heterocycles. The molecule has 5 heterocycles. The van der Waals surface area contributed by atoms with Gasteiger partial charge >= 0.3 is 0 Å². The van der Waals surface area contributed by atoms with Gasteiger partial charge in [-0.2, -0.15) is 0 Å². The van der Waals surface area contributed by atoms with E-state index in [4.69, 9.17) is 29.3 Å². The van der Waals surface area contributed by atoms with Crippen LogP contribution in [0.1, 0.15) is 0 Å². The van der Waals surface area contributed by atoms with Crippen molar-refractivity contribution in [1.82, 2.24) is 34.1 Å². The summed E-state index contributed by atoms with van der Waals surface area (Å²) in [7, 11) is 0. The van der Waals surface area contributed by atoms with E-state index in [0.29, 0.717) is 23.3 Å². The van der Waals surface area contributed by atoms with Gasteiger partial charge < -0.3 is 13.6 Å². The fraction of sp³-hybridized carbons (Fsp3) is 0. The summed E-state index contributed by atoms with van der Waals surface area (Å²) in [4.78, 5) is 26.6. The number of benzene rings is 10. The third-order valence-corrected chi connectivity index (χ3v) is 14.2. The molecule has 0 aliphatic carbocycles. The van der Waals surface area contributed by atoms with Crippen LogP contribution in [0.15, 0.2) is 241 Å². The lowest BCUT2D eigenvalue weighted by Gasteiger charge is -2.16. The van der Waals surface area contributed by atoms with Crippen LogP contribution in [0, 0.1) is 0 Å². The molecule has 8 nitrogen and oxygen atoms in total. The zero-order chi connectivity index (χ0) is 48.0. The summed E-state index contributed by atoms with van der Waals surface area (Å²) < 4.78 is 11.9. The van der Waals surface area contributed by atoms with E-state index >= 15 is 0 Å². The first-order valence-corrected chi connectivity index (χ1v) is 24.4. The molecule has 5 aromatic heterocycles. The van der Waals surface area contributed by atoms with Gasteiger partial charge in [0.15, 0.2) is 28.9 Å². The molecule has 340 valence electrons. The Morgan fingerprint density at radius 2 is 0.822 bits per heavy atom. The van der Waals surface area contributed by atoms with Gasteiger partial charge in [0, 0.05) is 76.9 Å². The second kappa shape index (κ2) is 16.3. The maximum Gasteiger partial charge on any atom is 0.164 e. The van der Waals surface area contributed by atoms with Crippen molar-refractivity contribution in [1.29, 1.82) is 0 Å². The second-order valence-corrected chi connectivity index (χ2v) is 18.3. The highest BCUT2D eigenvalue weighted by molar-refractivity contribution is 6.39. The third kappa shape index (κ3) is 6.37. The first-order valence-electron chi connectivity index (χ1n) is 24.4. The van der Waals surface area contributed by atoms with Crippen molar-refractivity contribution >= 4 is 76.5 Å². The largest absolute Gasteiger partial charge is 0.454 e. The maximum absolute atomic E-state index is 7.07. The summed E-state index contributed by atoms with van der Waals surface area (Å²) >= 11 is 0. The Labute approximate surface area is 417 Å². The molecule has 15 rings (SSSR count). The zero-order valence-corrected chi connectivity index (χ0v) is 39.1. The van der Waals surface area contributed by atoms with E-state index < -0.39 is 0 Å². The van der Waals surface area contributed by atoms with Crippen molar-refractivity contribution in [2.45, 2.75) is 0 Å². The average molecular weight is 934 g/mol. The number of nitrogens with zero attached hydrogens (tertiary/aromatic N) is 7. The molecular weight excluding hydrogens is 895 g/mol. The summed E-state index contributed by atoms with van der Waals surface area (Å²) in [6.07, 6.45) is 0. The Morgan fingerprint density at radius 3 is 1.49 bits per heavy atom. The molecule has 0 fully saturated rings. The number of para-hydroxylation sites is 5. The Kier molecular flexibility index (Phi) is 9.09. The molecule has 0 atom stereocenters.